The topological polar surface area (TPSA) is 145 Å². The normalized spacial score (nSPS) is 9.83. The van der Waals surface area contributed by atoms with E-state index in [0.717, 1.165) is 0 Å². The summed E-state index contributed by atoms with van der Waals surface area (Å²) in [7, 11) is 0. The first-order chi connectivity index (χ1) is 8.31. The average Bonchev–Trinajstić information content (AvgIpc) is 2.18. The molecule has 0 rings (SSSR count). The van der Waals surface area contributed by atoms with Crippen LogP contribution >= 0.6 is 0 Å². The molecular weight excluding hydrogens is 244 g/mol. The van der Waals surface area contributed by atoms with E-state index in [-0.39, 0.29) is 12.7 Å². The molecule has 0 aliphatic carbocycles. The molecule has 1 atom stereocenters. The summed E-state index contributed by atoms with van der Waals surface area (Å²) in [4.78, 5) is 19.2. The zero-order chi connectivity index (χ0) is 15.0. The molecule has 110 valence electrons. The first-order valence-electron chi connectivity index (χ1n) is 5.45. The summed E-state index contributed by atoms with van der Waals surface area (Å²) in [6.07, 6.45) is -1.29. The number of carbonyl (C=O) groups is 2. The van der Waals surface area contributed by atoms with Crippen LogP contribution in [0.25, 0.3) is 0 Å². The predicted octanol–water partition coefficient (Wildman–Crippen LogP) is -0.0472. The lowest BCUT2D eigenvalue weighted by Gasteiger charge is -1.95. The summed E-state index contributed by atoms with van der Waals surface area (Å²) in [5, 5.41) is 16.5. The van der Waals surface area contributed by atoms with Crippen LogP contribution in [0.15, 0.2) is 0 Å². The predicted molar refractivity (Wildman–Crippen MR) is 65.8 cm³/mol. The molecule has 0 saturated heterocycles. The molecule has 18 heavy (non-hydrogen) atoms. The lowest BCUT2D eigenvalue weighted by atomic mass is 10.3. The lowest BCUT2D eigenvalue weighted by molar-refractivity contribution is 0.148. The molecule has 0 aromatic heterocycles. The fraction of sp³-hybridized carbons (Fsp3) is 0.800. The fourth-order valence-corrected chi connectivity index (χ4v) is 0.471. The summed E-state index contributed by atoms with van der Waals surface area (Å²) < 4.78 is 8.36. The van der Waals surface area contributed by atoms with Crippen molar-refractivity contribution in [1.82, 2.24) is 0 Å². The molecule has 0 saturated carbocycles. The summed E-state index contributed by atoms with van der Waals surface area (Å²) in [5.41, 5.74) is 9.08. The van der Waals surface area contributed by atoms with Gasteiger partial charge in [-0.25, -0.2) is 9.59 Å². The Bertz CT molecular complexity index is 183. The van der Waals surface area contributed by atoms with Crippen molar-refractivity contribution in [2.75, 3.05) is 19.8 Å². The van der Waals surface area contributed by atoms with Gasteiger partial charge in [0.25, 0.3) is 0 Å². The van der Waals surface area contributed by atoms with Crippen molar-refractivity contribution in [2.45, 2.75) is 33.3 Å². The van der Waals surface area contributed by atoms with Gasteiger partial charge in [0, 0.05) is 6.61 Å². The van der Waals surface area contributed by atoms with Crippen molar-refractivity contribution in [3.8, 4) is 0 Å². The minimum atomic E-state index is -0.711. The lowest BCUT2D eigenvalue weighted by Crippen LogP contribution is -2.11. The molecule has 0 spiro atoms. The number of rotatable bonds is 4. The Morgan fingerprint density at radius 1 is 1.11 bits per heavy atom. The average molecular weight is 268 g/mol. The fourth-order valence-electron chi connectivity index (χ4n) is 0.471. The number of amides is 2. The Hall–Kier alpha value is -1.54. The summed E-state index contributed by atoms with van der Waals surface area (Å²) >= 11 is 0. The third-order valence-electron chi connectivity index (χ3n) is 1.12. The SMILES string of the molecule is CC(O)CCO.CCOC(N)=O.CCOC(N)=O. The Morgan fingerprint density at radius 3 is 1.44 bits per heavy atom. The second-order valence-electron chi connectivity index (χ2n) is 2.87. The minimum absolute atomic E-state index is 0.0810. The van der Waals surface area contributed by atoms with E-state index in [1.54, 1.807) is 20.8 Å². The highest BCUT2D eigenvalue weighted by atomic mass is 16.5. The number of nitrogens with two attached hydrogens (primary N) is 2. The number of aliphatic hydroxyl groups excluding tert-OH is 2. The summed E-state index contributed by atoms with van der Waals surface area (Å²) in [6, 6.07) is 0. The van der Waals surface area contributed by atoms with Crippen LogP contribution in [-0.2, 0) is 9.47 Å². The van der Waals surface area contributed by atoms with Gasteiger partial charge in [0.15, 0.2) is 0 Å². The van der Waals surface area contributed by atoms with Gasteiger partial charge in [0.1, 0.15) is 0 Å². The highest BCUT2D eigenvalue weighted by molar-refractivity contribution is 5.64. The third-order valence-corrected chi connectivity index (χ3v) is 1.12. The number of hydrogen-bond donors (Lipinski definition) is 4. The van der Waals surface area contributed by atoms with Gasteiger partial charge in [0.05, 0.1) is 19.3 Å². The van der Waals surface area contributed by atoms with E-state index >= 15 is 0 Å². The van der Waals surface area contributed by atoms with Crippen molar-refractivity contribution in [3.63, 3.8) is 0 Å². The quantitative estimate of drug-likeness (QED) is 0.562. The van der Waals surface area contributed by atoms with Crippen LogP contribution in [0.2, 0.25) is 0 Å². The zero-order valence-corrected chi connectivity index (χ0v) is 11.1. The van der Waals surface area contributed by atoms with Gasteiger partial charge in [-0.15, -0.1) is 0 Å². The molecule has 0 bridgehead atoms. The molecule has 0 aliphatic rings. The van der Waals surface area contributed by atoms with Crippen molar-refractivity contribution in [1.29, 1.82) is 0 Å². The Labute approximate surface area is 107 Å². The molecule has 0 radical (unpaired) electrons. The molecule has 0 heterocycles. The van der Waals surface area contributed by atoms with Crippen LogP contribution in [0.5, 0.6) is 0 Å². The highest BCUT2D eigenvalue weighted by Gasteiger charge is 1.88. The van der Waals surface area contributed by atoms with E-state index in [4.69, 9.17) is 10.2 Å². The number of ether oxygens (including phenoxy) is 2. The summed E-state index contributed by atoms with van der Waals surface area (Å²) in [5.74, 6) is 0. The van der Waals surface area contributed by atoms with Crippen LogP contribution in [-0.4, -0.2) is 48.3 Å². The molecule has 6 N–H and O–H groups in total. The standard InChI is InChI=1S/C4H10O2.2C3H7NO2/c1-4(6)2-3-5;2*1-2-6-3(4)5/h4-6H,2-3H2,1H3;2*2H2,1H3,(H2,4,5). The maximum atomic E-state index is 9.60. The van der Waals surface area contributed by atoms with Gasteiger partial charge in [-0.3, -0.25) is 0 Å². The first-order valence-corrected chi connectivity index (χ1v) is 5.45. The van der Waals surface area contributed by atoms with Crippen molar-refractivity contribution in [3.05, 3.63) is 0 Å². The second kappa shape index (κ2) is 17.8. The van der Waals surface area contributed by atoms with Crippen molar-refractivity contribution >= 4 is 12.2 Å². The molecule has 0 fully saturated rings. The molecule has 2 amide bonds. The maximum Gasteiger partial charge on any atom is 0.404 e. The Morgan fingerprint density at radius 2 is 1.44 bits per heavy atom. The number of hydrogen-bond acceptors (Lipinski definition) is 6. The van der Waals surface area contributed by atoms with E-state index < -0.39 is 12.2 Å². The number of primary amides is 2. The molecular formula is C10H24N2O6. The number of aliphatic hydroxyl groups is 2. The molecule has 0 aromatic rings. The van der Waals surface area contributed by atoms with Crippen molar-refractivity contribution in [2.24, 2.45) is 11.5 Å². The van der Waals surface area contributed by atoms with Crippen molar-refractivity contribution < 1.29 is 29.3 Å². The van der Waals surface area contributed by atoms with Gasteiger partial charge >= 0.3 is 12.2 Å². The van der Waals surface area contributed by atoms with Gasteiger partial charge < -0.3 is 31.2 Å². The molecule has 8 nitrogen and oxygen atoms in total. The monoisotopic (exact) mass is 268 g/mol. The van der Waals surface area contributed by atoms with E-state index in [9.17, 15) is 9.59 Å². The van der Waals surface area contributed by atoms with Crippen LogP contribution in [0, 0.1) is 0 Å². The van der Waals surface area contributed by atoms with Gasteiger partial charge in [-0.05, 0) is 27.2 Å². The molecule has 0 aromatic carbocycles. The van der Waals surface area contributed by atoms with E-state index in [1.807, 2.05) is 0 Å². The Kier molecular flexibility index (Phi) is 21.5. The van der Waals surface area contributed by atoms with Gasteiger partial charge in [-0.1, -0.05) is 0 Å². The first kappa shape index (κ1) is 21.7. The highest BCUT2D eigenvalue weighted by Crippen LogP contribution is 1.83. The third kappa shape index (κ3) is 47.1. The molecule has 0 aliphatic heterocycles. The van der Waals surface area contributed by atoms with Crippen LogP contribution in [0.4, 0.5) is 9.59 Å². The van der Waals surface area contributed by atoms with E-state index in [1.165, 1.54) is 0 Å². The smallest absolute Gasteiger partial charge is 0.404 e. The van der Waals surface area contributed by atoms with Gasteiger partial charge in [-0.2, -0.15) is 0 Å². The van der Waals surface area contributed by atoms with Crippen LogP contribution < -0.4 is 11.5 Å². The second-order valence-corrected chi connectivity index (χ2v) is 2.87. The summed E-state index contributed by atoms with van der Waals surface area (Å²) in [6.45, 7) is 5.84. The van der Waals surface area contributed by atoms with Crippen LogP contribution in [0.3, 0.4) is 0 Å². The largest absolute Gasteiger partial charge is 0.450 e. The van der Waals surface area contributed by atoms with Gasteiger partial charge in [0.2, 0.25) is 0 Å². The zero-order valence-electron chi connectivity index (χ0n) is 11.1. The van der Waals surface area contributed by atoms with E-state index in [2.05, 4.69) is 20.9 Å². The Balaban J connectivity index is -0.000000187. The van der Waals surface area contributed by atoms with E-state index in [0.29, 0.717) is 19.6 Å². The molecule has 1 unspecified atom stereocenters. The minimum Gasteiger partial charge on any atom is -0.450 e. The number of carbonyl (C=O) groups excluding carboxylic acids is 2. The molecule has 8 heteroatoms. The maximum absolute atomic E-state index is 9.60. The van der Waals surface area contributed by atoms with Crippen LogP contribution in [0.1, 0.15) is 27.2 Å².